The second kappa shape index (κ2) is 8.71. The third-order valence-electron chi connectivity index (χ3n) is 3.87. The molecule has 2 aromatic carbocycles. The Balaban J connectivity index is 1.60. The third kappa shape index (κ3) is 4.63. The number of anilines is 2. The highest BCUT2D eigenvalue weighted by Gasteiger charge is 2.05. The first-order valence-corrected chi connectivity index (χ1v) is 8.34. The van der Waals surface area contributed by atoms with Crippen LogP contribution in [0.2, 0.25) is 0 Å². The molecule has 6 heteroatoms. The summed E-state index contributed by atoms with van der Waals surface area (Å²) in [7, 11) is 3.25. The Bertz CT molecular complexity index is 840. The fraction of sp³-hybridized carbons (Fsp3) is 0.200. The zero-order chi connectivity index (χ0) is 18.2. The molecule has 6 nitrogen and oxygen atoms in total. The molecule has 2 N–H and O–H groups in total. The van der Waals surface area contributed by atoms with Crippen LogP contribution < -0.4 is 20.1 Å². The summed E-state index contributed by atoms with van der Waals surface area (Å²) in [6, 6.07) is 17.8. The first kappa shape index (κ1) is 17.5. The average molecular weight is 350 g/mol. The smallest absolute Gasteiger partial charge is 0.224 e. The number of hydrogen-bond acceptors (Lipinski definition) is 6. The highest BCUT2D eigenvalue weighted by molar-refractivity contribution is 5.45. The maximum absolute atomic E-state index is 5.33. The SMILES string of the molecule is COc1ccc(CNc2ccnc(NCc3ccccc3)n2)cc1OC. The van der Waals surface area contributed by atoms with Crippen molar-refractivity contribution in [1.29, 1.82) is 0 Å². The Morgan fingerprint density at radius 1 is 0.808 bits per heavy atom. The first-order valence-electron chi connectivity index (χ1n) is 8.34. The quantitative estimate of drug-likeness (QED) is 0.645. The Hall–Kier alpha value is -3.28. The molecule has 0 spiro atoms. The predicted molar refractivity (Wildman–Crippen MR) is 103 cm³/mol. The maximum Gasteiger partial charge on any atom is 0.224 e. The van der Waals surface area contributed by atoms with Crippen molar-refractivity contribution in [3.8, 4) is 11.5 Å². The van der Waals surface area contributed by atoms with Gasteiger partial charge in [-0.05, 0) is 29.3 Å². The molecule has 0 aliphatic carbocycles. The summed E-state index contributed by atoms with van der Waals surface area (Å²) in [6.07, 6.45) is 1.73. The molecule has 26 heavy (non-hydrogen) atoms. The van der Waals surface area contributed by atoms with Crippen LogP contribution in [-0.2, 0) is 13.1 Å². The average Bonchev–Trinajstić information content (AvgIpc) is 2.71. The Kier molecular flexibility index (Phi) is 5.88. The van der Waals surface area contributed by atoms with E-state index < -0.39 is 0 Å². The van der Waals surface area contributed by atoms with Crippen molar-refractivity contribution >= 4 is 11.8 Å². The van der Waals surface area contributed by atoms with E-state index in [-0.39, 0.29) is 0 Å². The van der Waals surface area contributed by atoms with Crippen molar-refractivity contribution in [3.05, 3.63) is 71.9 Å². The van der Waals surface area contributed by atoms with E-state index in [1.807, 2.05) is 42.5 Å². The van der Waals surface area contributed by atoms with Crippen LogP contribution in [0.1, 0.15) is 11.1 Å². The number of nitrogens with one attached hydrogen (secondary N) is 2. The topological polar surface area (TPSA) is 68.3 Å². The standard InChI is InChI=1S/C20H22N4O2/c1-25-17-9-8-16(12-18(17)26-2)14-22-19-10-11-21-20(24-19)23-13-15-6-4-3-5-7-15/h3-12H,13-14H2,1-2H3,(H2,21,22,23,24). The molecule has 0 amide bonds. The molecular weight excluding hydrogens is 328 g/mol. The molecule has 0 unspecified atom stereocenters. The summed E-state index contributed by atoms with van der Waals surface area (Å²) in [5, 5.41) is 6.53. The van der Waals surface area contributed by atoms with Crippen LogP contribution in [0.15, 0.2) is 60.8 Å². The summed E-state index contributed by atoms with van der Waals surface area (Å²) in [4.78, 5) is 8.75. The van der Waals surface area contributed by atoms with Gasteiger partial charge in [0.05, 0.1) is 14.2 Å². The molecule has 0 atom stereocenters. The maximum atomic E-state index is 5.33. The summed E-state index contributed by atoms with van der Waals surface area (Å²) in [5.41, 5.74) is 2.25. The number of methoxy groups -OCH3 is 2. The Morgan fingerprint density at radius 3 is 2.35 bits per heavy atom. The van der Waals surface area contributed by atoms with Gasteiger partial charge in [-0.25, -0.2) is 4.98 Å². The summed E-state index contributed by atoms with van der Waals surface area (Å²) in [6.45, 7) is 1.30. The predicted octanol–water partition coefficient (Wildman–Crippen LogP) is 3.72. The van der Waals surface area contributed by atoms with Crippen molar-refractivity contribution < 1.29 is 9.47 Å². The monoisotopic (exact) mass is 350 g/mol. The first-order chi connectivity index (χ1) is 12.8. The van der Waals surface area contributed by atoms with Gasteiger partial charge in [0.15, 0.2) is 11.5 Å². The highest BCUT2D eigenvalue weighted by atomic mass is 16.5. The van der Waals surface area contributed by atoms with Crippen molar-refractivity contribution in [3.63, 3.8) is 0 Å². The van der Waals surface area contributed by atoms with E-state index in [0.29, 0.717) is 30.5 Å². The molecule has 0 fully saturated rings. The number of aromatic nitrogens is 2. The molecule has 0 aliphatic rings. The third-order valence-corrected chi connectivity index (χ3v) is 3.87. The summed E-state index contributed by atoms with van der Waals surface area (Å²) < 4.78 is 10.6. The van der Waals surface area contributed by atoms with Crippen LogP contribution >= 0.6 is 0 Å². The van der Waals surface area contributed by atoms with Crippen LogP contribution in [0.5, 0.6) is 11.5 Å². The molecule has 1 aromatic heterocycles. The van der Waals surface area contributed by atoms with Crippen molar-refractivity contribution in [1.82, 2.24) is 9.97 Å². The zero-order valence-electron chi connectivity index (χ0n) is 14.9. The molecular formula is C20H22N4O2. The second-order valence-corrected chi connectivity index (χ2v) is 5.65. The highest BCUT2D eigenvalue weighted by Crippen LogP contribution is 2.27. The lowest BCUT2D eigenvalue weighted by molar-refractivity contribution is 0.354. The van der Waals surface area contributed by atoms with E-state index in [4.69, 9.17) is 9.47 Å². The molecule has 1 heterocycles. The molecule has 3 rings (SSSR count). The second-order valence-electron chi connectivity index (χ2n) is 5.65. The van der Waals surface area contributed by atoms with Gasteiger partial charge in [-0.2, -0.15) is 4.98 Å². The summed E-state index contributed by atoms with van der Waals surface area (Å²) >= 11 is 0. The zero-order valence-corrected chi connectivity index (χ0v) is 14.9. The van der Waals surface area contributed by atoms with Gasteiger partial charge in [-0.1, -0.05) is 36.4 Å². The lowest BCUT2D eigenvalue weighted by Gasteiger charge is -2.11. The van der Waals surface area contributed by atoms with Gasteiger partial charge in [0, 0.05) is 19.3 Å². The van der Waals surface area contributed by atoms with Crippen molar-refractivity contribution in [2.75, 3.05) is 24.9 Å². The van der Waals surface area contributed by atoms with E-state index in [0.717, 1.165) is 11.4 Å². The number of ether oxygens (including phenoxy) is 2. The van der Waals surface area contributed by atoms with Crippen molar-refractivity contribution in [2.24, 2.45) is 0 Å². The molecule has 0 aliphatic heterocycles. The molecule has 0 radical (unpaired) electrons. The number of benzene rings is 2. The molecule has 3 aromatic rings. The van der Waals surface area contributed by atoms with Crippen LogP contribution in [0.25, 0.3) is 0 Å². The number of rotatable bonds is 8. The number of hydrogen-bond donors (Lipinski definition) is 2. The molecule has 0 saturated carbocycles. The largest absolute Gasteiger partial charge is 0.493 e. The molecule has 134 valence electrons. The van der Waals surface area contributed by atoms with Gasteiger partial charge in [0.1, 0.15) is 5.82 Å². The van der Waals surface area contributed by atoms with Gasteiger partial charge in [0.25, 0.3) is 0 Å². The van der Waals surface area contributed by atoms with Crippen LogP contribution in [0.3, 0.4) is 0 Å². The Morgan fingerprint density at radius 2 is 1.58 bits per heavy atom. The fourth-order valence-electron chi connectivity index (χ4n) is 2.50. The van der Waals surface area contributed by atoms with Gasteiger partial charge in [0.2, 0.25) is 5.95 Å². The van der Waals surface area contributed by atoms with E-state index in [1.54, 1.807) is 20.4 Å². The van der Waals surface area contributed by atoms with Gasteiger partial charge in [-0.15, -0.1) is 0 Å². The van der Waals surface area contributed by atoms with Crippen LogP contribution in [-0.4, -0.2) is 24.2 Å². The van der Waals surface area contributed by atoms with Crippen molar-refractivity contribution in [2.45, 2.75) is 13.1 Å². The lowest BCUT2D eigenvalue weighted by atomic mass is 10.2. The minimum atomic E-state index is 0.589. The van der Waals surface area contributed by atoms with E-state index in [1.165, 1.54) is 5.56 Å². The minimum absolute atomic E-state index is 0.589. The molecule has 0 saturated heterocycles. The van der Waals surface area contributed by atoms with E-state index in [2.05, 4.69) is 32.7 Å². The Labute approximate surface area is 153 Å². The lowest BCUT2D eigenvalue weighted by Crippen LogP contribution is -2.07. The molecule has 0 bridgehead atoms. The minimum Gasteiger partial charge on any atom is -0.493 e. The van der Waals surface area contributed by atoms with Gasteiger partial charge < -0.3 is 20.1 Å². The fourth-order valence-corrected chi connectivity index (χ4v) is 2.50. The van der Waals surface area contributed by atoms with Gasteiger partial charge >= 0.3 is 0 Å². The van der Waals surface area contributed by atoms with Crippen LogP contribution in [0, 0.1) is 0 Å². The van der Waals surface area contributed by atoms with E-state index >= 15 is 0 Å². The summed E-state index contributed by atoms with van der Waals surface area (Å²) in [5.74, 6) is 2.77. The normalized spacial score (nSPS) is 10.2. The van der Waals surface area contributed by atoms with Crippen LogP contribution in [0.4, 0.5) is 11.8 Å². The van der Waals surface area contributed by atoms with Gasteiger partial charge in [-0.3, -0.25) is 0 Å². The number of nitrogens with zero attached hydrogens (tertiary/aromatic N) is 2. The van der Waals surface area contributed by atoms with E-state index in [9.17, 15) is 0 Å².